The van der Waals surface area contributed by atoms with E-state index in [0.717, 1.165) is 0 Å². The number of ether oxygens (including phenoxy) is 2. The maximum absolute atomic E-state index is 13.7. The van der Waals surface area contributed by atoms with E-state index < -0.39 is 119 Å². The standard InChI is InChI=1S/C18H10F24O7S.Na/c19-7(20)11(27,28)15(35,36)17(39,40)13(31,32)9(23,24)2-48-5(43)1-4(50(45,46)47)6(44)49-3-10(25,26)14(33,34)18(41,42)16(37,38)12(29,30)8(21)22;/h4,7-8H,1-3H2,(H,45,46,47);/q;+1/p-1. The molecule has 0 aromatic rings. The number of hydrogen-bond donors (Lipinski definition) is 0. The van der Waals surface area contributed by atoms with Gasteiger partial charge in [0.15, 0.2) is 18.5 Å². The van der Waals surface area contributed by atoms with Crippen LogP contribution in [-0.2, 0) is 29.2 Å². The largest absolute Gasteiger partial charge is 1.00 e. The van der Waals surface area contributed by atoms with Gasteiger partial charge in [-0.05, 0) is 0 Å². The predicted molar refractivity (Wildman–Crippen MR) is 101 cm³/mol. The van der Waals surface area contributed by atoms with Crippen molar-refractivity contribution in [3.63, 3.8) is 0 Å². The average Bonchev–Trinajstić information content (AvgIpc) is 2.91. The monoisotopic (exact) mass is 848 g/mol. The molecule has 0 aliphatic carbocycles. The summed E-state index contributed by atoms with van der Waals surface area (Å²) in [6.45, 7) is -7.77. The molecule has 0 rings (SSSR count). The molecule has 298 valence electrons. The molecule has 33 heteroatoms. The van der Waals surface area contributed by atoms with Gasteiger partial charge >= 0.3 is 114 Å². The number of halogens is 24. The van der Waals surface area contributed by atoms with Crippen molar-refractivity contribution in [1.82, 2.24) is 0 Å². The third-order valence-electron chi connectivity index (χ3n) is 5.66. The van der Waals surface area contributed by atoms with Crippen LogP contribution in [0.2, 0.25) is 0 Å². The minimum absolute atomic E-state index is 0. The first-order valence-corrected chi connectivity index (χ1v) is 12.6. The molecule has 51 heavy (non-hydrogen) atoms. The Balaban J connectivity index is 0. The molecule has 1 unspecified atom stereocenters. The molecule has 0 saturated heterocycles. The van der Waals surface area contributed by atoms with Gasteiger partial charge in [-0.25, -0.2) is 26.0 Å². The first-order chi connectivity index (χ1) is 21.5. The molecule has 1 atom stereocenters. The van der Waals surface area contributed by atoms with E-state index in [1.54, 1.807) is 0 Å². The molecular formula is C18H9F24NaO7S. The summed E-state index contributed by atoms with van der Waals surface area (Å²) < 4.78 is 354. The van der Waals surface area contributed by atoms with E-state index in [-0.39, 0.29) is 29.6 Å². The number of hydrogen-bond acceptors (Lipinski definition) is 7. The number of carbonyl (C=O) groups excluding carboxylic acids is 2. The molecule has 0 aromatic heterocycles. The smallest absolute Gasteiger partial charge is 0.747 e. The maximum atomic E-state index is 13.7. The number of esters is 2. The minimum atomic E-state index is -8.24. The van der Waals surface area contributed by atoms with Gasteiger partial charge < -0.3 is 14.0 Å². The van der Waals surface area contributed by atoms with Crippen molar-refractivity contribution in [2.45, 2.75) is 83.7 Å². The molecule has 0 aliphatic heterocycles. The fourth-order valence-electron chi connectivity index (χ4n) is 2.67. The third-order valence-corrected chi connectivity index (χ3v) is 6.71. The molecule has 0 saturated carbocycles. The number of carbonyl (C=O) groups is 2. The zero-order valence-corrected chi connectivity index (χ0v) is 26.0. The summed E-state index contributed by atoms with van der Waals surface area (Å²) in [4.78, 5) is 23.1. The van der Waals surface area contributed by atoms with Crippen molar-refractivity contribution >= 4 is 22.1 Å². The fourth-order valence-corrected chi connectivity index (χ4v) is 3.31. The van der Waals surface area contributed by atoms with Crippen molar-refractivity contribution in [2.75, 3.05) is 13.2 Å². The van der Waals surface area contributed by atoms with Crippen molar-refractivity contribution in [3.8, 4) is 0 Å². The summed E-state index contributed by atoms with van der Waals surface area (Å²) in [5.41, 5.74) is 0. The van der Waals surface area contributed by atoms with Gasteiger partial charge in [-0.1, -0.05) is 0 Å². The molecule has 0 fully saturated rings. The maximum Gasteiger partial charge on any atom is 1.00 e. The summed E-state index contributed by atoms with van der Waals surface area (Å²) >= 11 is 0. The van der Waals surface area contributed by atoms with E-state index in [1.807, 2.05) is 0 Å². The Hall–Kier alpha value is -1.83. The van der Waals surface area contributed by atoms with Crippen molar-refractivity contribution in [3.05, 3.63) is 0 Å². The van der Waals surface area contributed by atoms with Gasteiger partial charge in [0.1, 0.15) is 10.1 Å². The second kappa shape index (κ2) is 15.1. The van der Waals surface area contributed by atoms with Gasteiger partial charge in [-0.15, -0.1) is 0 Å². The van der Waals surface area contributed by atoms with Crippen LogP contribution in [0.3, 0.4) is 0 Å². The Morgan fingerprint density at radius 1 is 0.510 bits per heavy atom. The van der Waals surface area contributed by atoms with E-state index in [0.29, 0.717) is 0 Å². The average molecular weight is 848 g/mol. The first-order valence-electron chi connectivity index (χ1n) is 11.1. The van der Waals surface area contributed by atoms with Crippen LogP contribution in [0.4, 0.5) is 105 Å². The zero-order chi connectivity index (χ0) is 40.9. The third kappa shape index (κ3) is 8.78. The zero-order valence-electron chi connectivity index (χ0n) is 23.2. The molecular weight excluding hydrogens is 839 g/mol. The summed E-state index contributed by atoms with van der Waals surface area (Å²) in [5.74, 6) is -84.4. The quantitative estimate of drug-likeness (QED) is 0.0903. The van der Waals surface area contributed by atoms with E-state index in [1.165, 1.54) is 0 Å². The van der Waals surface area contributed by atoms with Crippen molar-refractivity contribution in [2.24, 2.45) is 0 Å². The first kappa shape index (κ1) is 51.3. The summed E-state index contributed by atoms with van der Waals surface area (Å²) in [7, 11) is -6.81. The molecule has 7 nitrogen and oxygen atoms in total. The molecule has 0 aliphatic rings. The summed E-state index contributed by atoms with van der Waals surface area (Å²) in [5, 5.41) is -4.21. The second-order valence-electron chi connectivity index (χ2n) is 9.16. The Morgan fingerprint density at radius 2 is 0.784 bits per heavy atom. The van der Waals surface area contributed by atoms with E-state index in [2.05, 4.69) is 9.47 Å². The van der Waals surface area contributed by atoms with Gasteiger partial charge in [-0.3, -0.25) is 9.59 Å². The minimum Gasteiger partial charge on any atom is -0.747 e. The molecule has 0 radical (unpaired) electrons. The van der Waals surface area contributed by atoms with Crippen LogP contribution in [0, 0.1) is 0 Å². The second-order valence-corrected chi connectivity index (χ2v) is 10.7. The molecule has 0 heterocycles. The van der Waals surface area contributed by atoms with Crippen LogP contribution in [-0.4, -0.2) is 115 Å². The van der Waals surface area contributed by atoms with Crippen molar-refractivity contribution < 1.29 is 167 Å². The van der Waals surface area contributed by atoms with Crippen LogP contribution in [0.15, 0.2) is 0 Å². The normalized spacial score (nSPS) is 15.8. The van der Waals surface area contributed by atoms with Gasteiger partial charge in [0, 0.05) is 0 Å². The molecule has 0 amide bonds. The van der Waals surface area contributed by atoms with Gasteiger partial charge in [-0.2, -0.15) is 87.8 Å². The van der Waals surface area contributed by atoms with Crippen LogP contribution < -0.4 is 29.6 Å². The number of rotatable bonds is 18. The molecule has 0 bridgehead atoms. The number of alkyl halides is 24. The summed E-state index contributed by atoms with van der Waals surface area (Å²) in [6.07, 6.45) is -14.8. The molecule has 0 spiro atoms. The fraction of sp³-hybridized carbons (Fsp3) is 0.889. The summed E-state index contributed by atoms with van der Waals surface area (Å²) in [6, 6.07) is 0. The molecule has 0 aromatic carbocycles. The SMILES string of the molecule is O=C(CC(C(=O)OCC(F)(F)C(F)(F)C(F)(F)C(F)(F)C(F)(F)C(F)F)S(=O)(=O)[O-])OCC(F)(F)C(F)(F)C(F)(F)C(F)(F)C(F)(F)C(F)F.[Na+]. The van der Waals surface area contributed by atoms with E-state index in [4.69, 9.17) is 0 Å². The Morgan fingerprint density at radius 3 is 1.04 bits per heavy atom. The van der Waals surface area contributed by atoms with Crippen LogP contribution in [0.5, 0.6) is 0 Å². The van der Waals surface area contributed by atoms with Crippen LogP contribution in [0.1, 0.15) is 6.42 Å². The Labute approximate surface area is 286 Å². The Kier molecular flexibility index (Phi) is 15.2. The Bertz CT molecular complexity index is 1350. The topological polar surface area (TPSA) is 110 Å². The molecule has 0 N–H and O–H groups in total. The van der Waals surface area contributed by atoms with Crippen LogP contribution >= 0.6 is 0 Å². The van der Waals surface area contributed by atoms with E-state index in [9.17, 15) is 128 Å². The van der Waals surface area contributed by atoms with Gasteiger partial charge in [0.2, 0.25) is 0 Å². The predicted octanol–water partition coefficient (Wildman–Crippen LogP) is 3.26. The van der Waals surface area contributed by atoms with Gasteiger partial charge in [0.25, 0.3) is 0 Å². The van der Waals surface area contributed by atoms with Gasteiger partial charge in [0.05, 0.1) is 6.42 Å². The van der Waals surface area contributed by atoms with E-state index >= 15 is 0 Å². The van der Waals surface area contributed by atoms with Crippen molar-refractivity contribution in [1.29, 1.82) is 0 Å². The van der Waals surface area contributed by atoms with Crippen LogP contribution in [0.25, 0.3) is 0 Å².